The van der Waals surface area contributed by atoms with E-state index in [2.05, 4.69) is 14.8 Å². The Morgan fingerprint density at radius 2 is 2.19 bits per heavy atom. The minimum atomic E-state index is 0.195. The third-order valence-electron chi connectivity index (χ3n) is 5.68. The molecule has 1 atom stereocenters. The molecule has 0 unspecified atom stereocenters. The molecule has 6 heteroatoms. The van der Waals surface area contributed by atoms with E-state index in [1.54, 1.807) is 19.5 Å². The van der Waals surface area contributed by atoms with Gasteiger partial charge in [-0.25, -0.2) is 0 Å². The number of piperidine rings is 1. The zero-order valence-corrected chi connectivity index (χ0v) is 16.5. The molecule has 0 bridgehead atoms. The van der Waals surface area contributed by atoms with E-state index in [0.29, 0.717) is 12.3 Å². The Bertz CT molecular complexity index is 555. The largest absolute Gasteiger partial charge is 0.383 e. The average Bonchev–Trinajstić information content (AvgIpc) is 3.21. The summed E-state index contributed by atoms with van der Waals surface area (Å²) < 4.78 is 11.0. The highest BCUT2D eigenvalue weighted by atomic mass is 16.5. The molecule has 0 aromatic carbocycles. The van der Waals surface area contributed by atoms with E-state index in [4.69, 9.17) is 9.47 Å². The molecular weight excluding hydrogens is 342 g/mol. The fraction of sp³-hybridized carbons (Fsp3) is 0.714. The van der Waals surface area contributed by atoms with Crippen LogP contribution in [-0.2, 0) is 20.7 Å². The summed E-state index contributed by atoms with van der Waals surface area (Å²) in [4.78, 5) is 21.6. The monoisotopic (exact) mass is 375 g/mol. The van der Waals surface area contributed by atoms with Crippen molar-refractivity contribution in [3.05, 3.63) is 30.1 Å². The van der Waals surface area contributed by atoms with Crippen LogP contribution in [0.2, 0.25) is 0 Å². The number of amides is 1. The lowest BCUT2D eigenvalue weighted by Gasteiger charge is -2.35. The van der Waals surface area contributed by atoms with Crippen molar-refractivity contribution in [1.29, 1.82) is 0 Å². The summed E-state index contributed by atoms with van der Waals surface area (Å²) in [6, 6.07) is 3.87. The quantitative estimate of drug-likeness (QED) is 0.661. The smallest absolute Gasteiger partial charge is 0.227 e. The van der Waals surface area contributed by atoms with Crippen LogP contribution >= 0.6 is 0 Å². The van der Waals surface area contributed by atoms with Gasteiger partial charge in [-0.1, -0.05) is 6.07 Å². The van der Waals surface area contributed by atoms with E-state index in [0.717, 1.165) is 77.2 Å². The summed E-state index contributed by atoms with van der Waals surface area (Å²) in [6.07, 6.45) is 8.61. The maximum atomic E-state index is 13.0. The van der Waals surface area contributed by atoms with E-state index in [1.165, 1.54) is 0 Å². The van der Waals surface area contributed by atoms with Gasteiger partial charge in [-0.3, -0.25) is 9.78 Å². The Hall–Kier alpha value is -1.50. The van der Waals surface area contributed by atoms with Gasteiger partial charge >= 0.3 is 0 Å². The van der Waals surface area contributed by atoms with Crippen LogP contribution < -0.4 is 0 Å². The first kappa shape index (κ1) is 20.2. The summed E-state index contributed by atoms with van der Waals surface area (Å²) >= 11 is 0. The van der Waals surface area contributed by atoms with E-state index < -0.39 is 0 Å². The molecule has 150 valence electrons. The number of methoxy groups -OCH3 is 1. The Morgan fingerprint density at radius 3 is 2.85 bits per heavy atom. The maximum absolute atomic E-state index is 13.0. The molecule has 6 nitrogen and oxygen atoms in total. The third kappa shape index (κ3) is 6.55. The van der Waals surface area contributed by atoms with Gasteiger partial charge in [-0.2, -0.15) is 0 Å². The van der Waals surface area contributed by atoms with Crippen LogP contribution in [0, 0.1) is 5.92 Å². The first-order valence-electron chi connectivity index (χ1n) is 10.2. The number of aromatic nitrogens is 1. The first-order chi connectivity index (χ1) is 13.2. The molecular formula is C21H33N3O3. The number of likely N-dealkylation sites (tertiary alicyclic amines) is 1. The van der Waals surface area contributed by atoms with Crippen LogP contribution in [0.15, 0.2) is 24.5 Å². The molecule has 2 saturated heterocycles. The fourth-order valence-corrected chi connectivity index (χ4v) is 4.03. The molecule has 3 heterocycles. The Labute approximate surface area is 162 Å². The number of ether oxygens (including phenoxy) is 2. The van der Waals surface area contributed by atoms with Crippen LogP contribution in [-0.4, -0.2) is 79.8 Å². The van der Waals surface area contributed by atoms with Gasteiger partial charge in [0.1, 0.15) is 0 Å². The number of hydrogen-bond donors (Lipinski definition) is 0. The molecule has 2 aliphatic rings. The van der Waals surface area contributed by atoms with Crippen molar-refractivity contribution in [3.63, 3.8) is 0 Å². The minimum absolute atomic E-state index is 0.195. The number of carbonyl (C=O) groups is 1. The van der Waals surface area contributed by atoms with E-state index in [1.807, 2.05) is 12.1 Å². The highest BCUT2D eigenvalue weighted by molar-refractivity contribution is 5.78. The van der Waals surface area contributed by atoms with E-state index in [-0.39, 0.29) is 12.0 Å². The van der Waals surface area contributed by atoms with Crippen LogP contribution in [0.4, 0.5) is 0 Å². The third-order valence-corrected chi connectivity index (χ3v) is 5.68. The second-order valence-corrected chi connectivity index (χ2v) is 7.75. The molecule has 3 rings (SSSR count). The van der Waals surface area contributed by atoms with Crippen LogP contribution in [0.5, 0.6) is 0 Å². The van der Waals surface area contributed by atoms with E-state index in [9.17, 15) is 4.79 Å². The van der Waals surface area contributed by atoms with Crippen molar-refractivity contribution >= 4 is 5.91 Å². The van der Waals surface area contributed by atoms with Crippen LogP contribution in [0.3, 0.4) is 0 Å². The maximum Gasteiger partial charge on any atom is 0.227 e. The number of nitrogens with zero attached hydrogens (tertiary/aromatic N) is 3. The molecule has 0 radical (unpaired) electrons. The number of pyridine rings is 1. The lowest BCUT2D eigenvalue weighted by Crippen LogP contribution is -2.44. The molecule has 2 fully saturated rings. The Kier molecular flexibility index (Phi) is 8.05. The van der Waals surface area contributed by atoms with Gasteiger partial charge in [0.15, 0.2) is 0 Å². The van der Waals surface area contributed by atoms with Crippen molar-refractivity contribution in [2.75, 3.05) is 53.0 Å². The predicted octanol–water partition coefficient (Wildman–Crippen LogP) is 1.99. The summed E-state index contributed by atoms with van der Waals surface area (Å²) in [5, 5.41) is 0. The summed E-state index contributed by atoms with van der Waals surface area (Å²) in [5.74, 6) is 0.767. The van der Waals surface area contributed by atoms with Gasteiger partial charge in [0.05, 0.1) is 19.1 Å². The molecule has 1 aromatic heterocycles. The van der Waals surface area contributed by atoms with Crippen molar-refractivity contribution in [2.24, 2.45) is 5.92 Å². The summed E-state index contributed by atoms with van der Waals surface area (Å²) in [6.45, 7) is 6.38. The molecule has 0 spiro atoms. The molecule has 1 aromatic rings. The van der Waals surface area contributed by atoms with Crippen LogP contribution in [0.1, 0.15) is 31.2 Å². The molecule has 0 aliphatic carbocycles. The number of hydrogen-bond acceptors (Lipinski definition) is 5. The zero-order chi connectivity index (χ0) is 18.9. The average molecular weight is 376 g/mol. The first-order valence-corrected chi connectivity index (χ1v) is 10.2. The second-order valence-electron chi connectivity index (χ2n) is 7.75. The van der Waals surface area contributed by atoms with Crippen LogP contribution in [0.25, 0.3) is 0 Å². The topological polar surface area (TPSA) is 54.9 Å². The minimum Gasteiger partial charge on any atom is -0.383 e. The molecule has 0 saturated carbocycles. The fourth-order valence-electron chi connectivity index (χ4n) is 4.03. The normalized spacial score (nSPS) is 21.4. The number of carbonyl (C=O) groups excluding carboxylic acids is 1. The Morgan fingerprint density at radius 1 is 1.33 bits per heavy atom. The highest BCUT2D eigenvalue weighted by Gasteiger charge is 2.27. The molecule has 2 aliphatic heterocycles. The van der Waals surface area contributed by atoms with E-state index >= 15 is 0 Å². The summed E-state index contributed by atoms with van der Waals surface area (Å²) in [7, 11) is 1.75. The van der Waals surface area contributed by atoms with Gasteiger partial charge in [0.25, 0.3) is 0 Å². The number of rotatable bonds is 9. The van der Waals surface area contributed by atoms with Crippen molar-refractivity contribution in [3.8, 4) is 0 Å². The second kappa shape index (κ2) is 10.7. The van der Waals surface area contributed by atoms with Gasteiger partial charge in [-0.05, 0) is 56.3 Å². The molecule has 27 heavy (non-hydrogen) atoms. The highest BCUT2D eigenvalue weighted by Crippen LogP contribution is 2.21. The zero-order valence-electron chi connectivity index (χ0n) is 16.5. The standard InChI is InChI=1S/C21H33N3O3/c1-26-13-11-23-9-6-18(7-10-23)16-24(17-20-5-3-12-27-20)21(25)14-19-4-2-8-22-15-19/h2,4,8,15,18,20H,3,5-7,9-14,16-17H2,1H3/t20-/m1/s1. The van der Waals surface area contributed by atoms with Gasteiger partial charge in [0, 0.05) is 45.7 Å². The van der Waals surface area contributed by atoms with Crippen molar-refractivity contribution < 1.29 is 14.3 Å². The lowest BCUT2D eigenvalue weighted by atomic mass is 9.95. The molecule has 0 N–H and O–H groups in total. The predicted molar refractivity (Wildman–Crippen MR) is 105 cm³/mol. The van der Waals surface area contributed by atoms with Crippen molar-refractivity contribution in [1.82, 2.24) is 14.8 Å². The van der Waals surface area contributed by atoms with Gasteiger partial charge in [0.2, 0.25) is 5.91 Å². The lowest BCUT2D eigenvalue weighted by molar-refractivity contribution is -0.133. The Balaban J connectivity index is 1.54. The summed E-state index contributed by atoms with van der Waals surface area (Å²) in [5.41, 5.74) is 0.981. The SMILES string of the molecule is COCCN1CCC(CN(C[C@H]2CCCO2)C(=O)Cc2cccnc2)CC1. The molecule has 1 amide bonds. The van der Waals surface area contributed by atoms with Gasteiger partial charge < -0.3 is 19.3 Å². The van der Waals surface area contributed by atoms with Crippen molar-refractivity contribution in [2.45, 2.75) is 38.2 Å². The van der Waals surface area contributed by atoms with Gasteiger partial charge in [-0.15, -0.1) is 0 Å².